The van der Waals surface area contributed by atoms with Gasteiger partial charge in [0.05, 0.1) is 17.0 Å². The van der Waals surface area contributed by atoms with Crippen LogP contribution >= 0.6 is 11.3 Å². The summed E-state index contributed by atoms with van der Waals surface area (Å²) < 4.78 is 23.1. The smallest absolute Gasteiger partial charge is 0.155 e. The van der Waals surface area contributed by atoms with E-state index in [1.807, 2.05) is 6.92 Å². The maximum absolute atomic E-state index is 11.5. The van der Waals surface area contributed by atoms with E-state index < -0.39 is 9.84 Å². The number of thiazole rings is 1. The molecule has 1 heterocycles. The van der Waals surface area contributed by atoms with Gasteiger partial charge in [-0.05, 0) is 13.3 Å². The van der Waals surface area contributed by atoms with Crippen molar-refractivity contribution in [3.63, 3.8) is 0 Å². The van der Waals surface area contributed by atoms with Crippen LogP contribution in [0.25, 0.3) is 0 Å². The zero-order chi connectivity index (χ0) is 10.6. The molecule has 80 valence electrons. The molecule has 0 aliphatic rings. The van der Waals surface area contributed by atoms with E-state index >= 15 is 0 Å². The first-order valence-corrected chi connectivity index (χ1v) is 7.03. The number of nitrogens with two attached hydrogens (primary N) is 1. The summed E-state index contributed by atoms with van der Waals surface area (Å²) in [5, 5.41) is 0. The Labute approximate surface area is 88.1 Å². The van der Waals surface area contributed by atoms with Gasteiger partial charge in [-0.1, -0.05) is 0 Å². The first-order chi connectivity index (χ1) is 6.49. The molecule has 1 aromatic heterocycles. The molecule has 0 amide bonds. The largest absolute Gasteiger partial charge is 0.328 e. The van der Waals surface area contributed by atoms with Crippen molar-refractivity contribution < 1.29 is 8.42 Å². The van der Waals surface area contributed by atoms with E-state index in [1.165, 1.54) is 11.3 Å². The normalized spacial score (nSPS) is 14.1. The van der Waals surface area contributed by atoms with Crippen LogP contribution < -0.4 is 5.73 Å². The summed E-state index contributed by atoms with van der Waals surface area (Å²) in [7, 11) is -3.01. The number of nitrogens with zero attached hydrogens (tertiary/aromatic N) is 1. The van der Waals surface area contributed by atoms with Crippen LogP contribution in [-0.4, -0.2) is 25.2 Å². The second-order valence-electron chi connectivity index (χ2n) is 3.33. The van der Waals surface area contributed by atoms with Crippen LogP contribution in [0.5, 0.6) is 0 Å². The average molecular weight is 234 g/mol. The van der Waals surface area contributed by atoms with Gasteiger partial charge in [0.15, 0.2) is 9.84 Å². The summed E-state index contributed by atoms with van der Waals surface area (Å²) in [6.45, 7) is 1.81. The van der Waals surface area contributed by atoms with Gasteiger partial charge < -0.3 is 5.73 Å². The molecule has 4 nitrogen and oxygen atoms in total. The number of rotatable bonds is 5. The van der Waals surface area contributed by atoms with Crippen LogP contribution in [0.15, 0.2) is 11.7 Å². The fourth-order valence-electron chi connectivity index (χ4n) is 0.968. The molecule has 0 aromatic carbocycles. The fraction of sp³-hybridized carbons (Fsp3) is 0.625. The Morgan fingerprint density at radius 1 is 1.64 bits per heavy atom. The lowest BCUT2D eigenvalue weighted by molar-refractivity contribution is 0.587. The van der Waals surface area contributed by atoms with E-state index in [9.17, 15) is 8.42 Å². The van der Waals surface area contributed by atoms with Crippen LogP contribution in [-0.2, 0) is 15.6 Å². The van der Waals surface area contributed by atoms with Crippen LogP contribution in [0.4, 0.5) is 0 Å². The van der Waals surface area contributed by atoms with Crippen molar-refractivity contribution in [3.8, 4) is 0 Å². The SMILES string of the molecule is CC(N)CCS(=O)(=O)Cc1cncs1. The third kappa shape index (κ3) is 4.17. The molecule has 0 saturated carbocycles. The van der Waals surface area contributed by atoms with E-state index in [2.05, 4.69) is 4.98 Å². The molecule has 0 bridgehead atoms. The van der Waals surface area contributed by atoms with Gasteiger partial charge in [-0.3, -0.25) is 4.98 Å². The number of sulfone groups is 1. The molecule has 0 saturated heterocycles. The van der Waals surface area contributed by atoms with Crippen LogP contribution in [0.2, 0.25) is 0 Å². The maximum Gasteiger partial charge on any atom is 0.155 e. The summed E-state index contributed by atoms with van der Waals surface area (Å²) in [4.78, 5) is 4.62. The molecule has 0 fully saturated rings. The predicted octanol–water partition coefficient (Wildman–Crippen LogP) is 0.795. The van der Waals surface area contributed by atoms with Crippen molar-refractivity contribution in [3.05, 3.63) is 16.6 Å². The molecular formula is C8H14N2O2S2. The van der Waals surface area contributed by atoms with Gasteiger partial charge in [0.2, 0.25) is 0 Å². The highest BCUT2D eigenvalue weighted by Crippen LogP contribution is 2.11. The predicted molar refractivity (Wildman–Crippen MR) is 57.9 cm³/mol. The van der Waals surface area contributed by atoms with Crippen molar-refractivity contribution >= 4 is 21.2 Å². The second-order valence-corrected chi connectivity index (χ2v) is 6.48. The van der Waals surface area contributed by atoms with Crippen molar-refractivity contribution in [2.45, 2.75) is 25.1 Å². The molecule has 0 spiro atoms. The Bertz CT molecular complexity index is 357. The fourth-order valence-corrected chi connectivity index (χ4v) is 3.54. The first-order valence-electron chi connectivity index (χ1n) is 4.33. The Kier molecular flexibility index (Phi) is 4.03. The lowest BCUT2D eigenvalue weighted by Gasteiger charge is -2.04. The van der Waals surface area contributed by atoms with E-state index in [1.54, 1.807) is 11.7 Å². The summed E-state index contributed by atoms with van der Waals surface area (Å²) in [5.74, 6) is 0.243. The summed E-state index contributed by atoms with van der Waals surface area (Å²) in [6, 6.07) is -0.0637. The Balaban J connectivity index is 2.51. The zero-order valence-electron chi connectivity index (χ0n) is 8.01. The van der Waals surface area contributed by atoms with Gasteiger partial charge in [0, 0.05) is 17.1 Å². The van der Waals surface area contributed by atoms with E-state index in [0.717, 1.165) is 4.88 Å². The van der Waals surface area contributed by atoms with Crippen LogP contribution in [0, 0.1) is 0 Å². The third-order valence-electron chi connectivity index (χ3n) is 1.73. The highest BCUT2D eigenvalue weighted by Gasteiger charge is 2.13. The molecule has 6 heteroatoms. The molecule has 0 aliphatic heterocycles. The van der Waals surface area contributed by atoms with Gasteiger partial charge in [-0.2, -0.15) is 0 Å². The lowest BCUT2D eigenvalue weighted by Crippen LogP contribution is -2.20. The molecule has 2 N–H and O–H groups in total. The van der Waals surface area contributed by atoms with Gasteiger partial charge in [-0.15, -0.1) is 11.3 Å². The molecule has 1 aromatic rings. The number of hydrogen-bond donors (Lipinski definition) is 1. The highest BCUT2D eigenvalue weighted by molar-refractivity contribution is 7.90. The summed E-state index contributed by atoms with van der Waals surface area (Å²) in [6.07, 6.45) is 2.11. The topological polar surface area (TPSA) is 73.1 Å². The van der Waals surface area contributed by atoms with E-state index in [0.29, 0.717) is 6.42 Å². The highest BCUT2D eigenvalue weighted by atomic mass is 32.2. The maximum atomic E-state index is 11.5. The van der Waals surface area contributed by atoms with Crippen molar-refractivity contribution in [1.29, 1.82) is 0 Å². The van der Waals surface area contributed by atoms with Crippen molar-refractivity contribution in [2.24, 2.45) is 5.73 Å². The standard InChI is InChI=1S/C8H14N2O2S2/c1-7(9)2-3-14(11,12)5-8-4-10-6-13-8/h4,6-7H,2-3,5,9H2,1H3. The quantitative estimate of drug-likeness (QED) is 0.817. The molecular weight excluding hydrogens is 220 g/mol. The van der Waals surface area contributed by atoms with Crippen molar-refractivity contribution in [1.82, 2.24) is 4.98 Å². The number of aromatic nitrogens is 1. The first kappa shape index (κ1) is 11.6. The third-order valence-corrected chi connectivity index (χ3v) is 4.30. The van der Waals surface area contributed by atoms with E-state index in [-0.39, 0.29) is 17.5 Å². The minimum absolute atomic E-state index is 0.0637. The van der Waals surface area contributed by atoms with Crippen LogP contribution in [0.3, 0.4) is 0 Å². The minimum atomic E-state index is -3.01. The second kappa shape index (κ2) is 4.86. The molecule has 1 unspecified atom stereocenters. The Hall–Kier alpha value is -0.460. The Morgan fingerprint density at radius 3 is 2.86 bits per heavy atom. The average Bonchev–Trinajstić information content (AvgIpc) is 2.53. The molecule has 14 heavy (non-hydrogen) atoms. The van der Waals surface area contributed by atoms with Crippen molar-refractivity contribution in [2.75, 3.05) is 5.75 Å². The molecule has 0 radical (unpaired) electrons. The number of hydrogen-bond acceptors (Lipinski definition) is 5. The molecule has 1 atom stereocenters. The lowest BCUT2D eigenvalue weighted by atomic mass is 10.3. The van der Waals surface area contributed by atoms with Gasteiger partial charge in [-0.25, -0.2) is 8.42 Å². The minimum Gasteiger partial charge on any atom is -0.328 e. The van der Waals surface area contributed by atoms with Gasteiger partial charge in [0.1, 0.15) is 0 Å². The van der Waals surface area contributed by atoms with Crippen LogP contribution in [0.1, 0.15) is 18.2 Å². The molecule has 0 aliphatic carbocycles. The summed E-state index contributed by atoms with van der Waals surface area (Å²) >= 11 is 1.36. The Morgan fingerprint density at radius 2 is 2.36 bits per heavy atom. The van der Waals surface area contributed by atoms with E-state index in [4.69, 9.17) is 5.73 Å². The summed E-state index contributed by atoms with van der Waals surface area (Å²) in [5.41, 5.74) is 7.13. The van der Waals surface area contributed by atoms with Gasteiger partial charge >= 0.3 is 0 Å². The molecule has 1 rings (SSSR count). The monoisotopic (exact) mass is 234 g/mol. The zero-order valence-corrected chi connectivity index (χ0v) is 9.64. The van der Waals surface area contributed by atoms with Gasteiger partial charge in [0.25, 0.3) is 0 Å².